The number of ketones is 1. The number of hydrogen-bond acceptors (Lipinski definition) is 3. The Balaban J connectivity index is 3.38. The fourth-order valence-corrected chi connectivity index (χ4v) is 1.74. The molecule has 0 aliphatic carbocycles. The molecule has 8 heteroatoms. The van der Waals surface area contributed by atoms with Gasteiger partial charge < -0.3 is 5.01 Å². The van der Waals surface area contributed by atoms with E-state index in [9.17, 15) is 18.0 Å². The number of nitrogens with zero attached hydrogens (tertiary/aromatic N) is 2. The fraction of sp³-hybridized carbons (Fsp3) is 0.273. The van der Waals surface area contributed by atoms with Crippen LogP contribution in [0.1, 0.15) is 5.56 Å². The highest BCUT2D eigenvalue weighted by atomic mass is 35.5. The third-order valence-corrected chi connectivity index (χ3v) is 2.51. The Morgan fingerprint density at radius 2 is 1.84 bits per heavy atom. The van der Waals surface area contributed by atoms with Crippen LogP contribution in [0.4, 0.5) is 13.2 Å². The molecule has 0 heterocycles. The Hall–Kier alpha value is -1.27. The monoisotopic (exact) mass is 312 g/mol. The molecule has 0 aliphatic heterocycles. The van der Waals surface area contributed by atoms with E-state index in [-0.39, 0.29) is 15.6 Å². The van der Waals surface area contributed by atoms with Crippen molar-refractivity contribution in [2.45, 2.75) is 6.18 Å². The first-order valence-electron chi connectivity index (χ1n) is 4.96. The number of halogens is 5. The van der Waals surface area contributed by atoms with E-state index in [1.165, 1.54) is 32.3 Å². The third-order valence-electron chi connectivity index (χ3n) is 1.96. The van der Waals surface area contributed by atoms with Gasteiger partial charge in [0, 0.05) is 24.7 Å². The Morgan fingerprint density at radius 3 is 2.26 bits per heavy atom. The molecule has 0 unspecified atom stereocenters. The van der Waals surface area contributed by atoms with Crippen LogP contribution in [0.15, 0.2) is 23.3 Å². The molecule has 0 bridgehead atoms. The van der Waals surface area contributed by atoms with Gasteiger partial charge in [-0.1, -0.05) is 23.2 Å². The maximum absolute atomic E-state index is 12.5. The van der Waals surface area contributed by atoms with Crippen molar-refractivity contribution in [3.63, 3.8) is 0 Å². The molecule has 19 heavy (non-hydrogen) atoms. The highest BCUT2D eigenvalue weighted by Gasteiger charge is 2.43. The summed E-state index contributed by atoms with van der Waals surface area (Å²) in [6.07, 6.45) is -5.03. The van der Waals surface area contributed by atoms with E-state index in [0.29, 0.717) is 0 Å². The van der Waals surface area contributed by atoms with Crippen LogP contribution in [-0.2, 0) is 4.79 Å². The van der Waals surface area contributed by atoms with Gasteiger partial charge in [-0.2, -0.15) is 18.3 Å². The first-order chi connectivity index (χ1) is 8.62. The number of benzene rings is 1. The molecular formula is C11H9Cl2F3N2O. The molecule has 0 aliphatic rings. The van der Waals surface area contributed by atoms with E-state index in [2.05, 4.69) is 5.10 Å². The molecule has 104 valence electrons. The summed E-state index contributed by atoms with van der Waals surface area (Å²) in [5.41, 5.74) is -0.902. The molecular weight excluding hydrogens is 304 g/mol. The summed E-state index contributed by atoms with van der Waals surface area (Å²) in [6.45, 7) is 0. The van der Waals surface area contributed by atoms with E-state index in [1.807, 2.05) is 0 Å². The number of hydrogen-bond donors (Lipinski definition) is 0. The summed E-state index contributed by atoms with van der Waals surface area (Å²) in [5.74, 6) is -2.06. The highest BCUT2D eigenvalue weighted by molar-refractivity contribution is 6.51. The normalized spacial score (nSPS) is 12.5. The zero-order valence-electron chi connectivity index (χ0n) is 9.92. The van der Waals surface area contributed by atoms with Gasteiger partial charge in [0.05, 0.1) is 5.02 Å². The standard InChI is InChI=1S/C11H9Cl2F3N2O/c1-18(2)17-9(10(19)11(14,15)16)7-4-3-6(12)5-8(7)13/h3-5H,1-2H3/b17-9+. The lowest BCUT2D eigenvalue weighted by Crippen LogP contribution is -2.33. The SMILES string of the molecule is CN(C)/N=C(/C(=O)C(F)(F)F)c1ccc(Cl)cc1Cl. The summed E-state index contributed by atoms with van der Waals surface area (Å²) in [5, 5.41) is 4.81. The zero-order valence-corrected chi connectivity index (χ0v) is 11.4. The summed E-state index contributed by atoms with van der Waals surface area (Å²) in [7, 11) is 2.79. The predicted molar refractivity (Wildman–Crippen MR) is 67.7 cm³/mol. The number of hydrazone groups is 1. The number of carbonyl (C=O) groups is 1. The minimum atomic E-state index is -5.03. The number of Topliss-reactive ketones (excluding diaryl/α,β-unsaturated/α-hetero) is 1. The van der Waals surface area contributed by atoms with Crippen LogP contribution in [0.5, 0.6) is 0 Å². The average Bonchev–Trinajstić information content (AvgIpc) is 2.24. The van der Waals surface area contributed by atoms with Gasteiger partial charge in [-0.05, 0) is 18.2 Å². The highest BCUT2D eigenvalue weighted by Crippen LogP contribution is 2.26. The molecule has 0 fully saturated rings. The lowest BCUT2D eigenvalue weighted by Gasteiger charge is -2.13. The van der Waals surface area contributed by atoms with Crippen LogP contribution in [-0.4, -0.2) is 36.8 Å². The van der Waals surface area contributed by atoms with Crippen LogP contribution in [0, 0.1) is 0 Å². The maximum atomic E-state index is 12.5. The van der Waals surface area contributed by atoms with Crippen LogP contribution in [0.25, 0.3) is 0 Å². The summed E-state index contributed by atoms with van der Waals surface area (Å²) < 4.78 is 37.6. The average molecular weight is 313 g/mol. The van der Waals surface area contributed by atoms with Crippen LogP contribution in [0.3, 0.4) is 0 Å². The molecule has 1 aromatic rings. The van der Waals surface area contributed by atoms with Gasteiger partial charge in [0.15, 0.2) is 0 Å². The molecule has 0 saturated carbocycles. The molecule has 0 spiro atoms. The molecule has 1 aromatic carbocycles. The Kier molecular flexibility index (Phi) is 4.81. The van der Waals surface area contributed by atoms with Gasteiger partial charge in [0.25, 0.3) is 5.78 Å². The van der Waals surface area contributed by atoms with Crippen LogP contribution in [0.2, 0.25) is 10.0 Å². The quantitative estimate of drug-likeness (QED) is 0.633. The van der Waals surface area contributed by atoms with Crippen LogP contribution < -0.4 is 0 Å². The van der Waals surface area contributed by atoms with Crippen molar-refractivity contribution in [3.8, 4) is 0 Å². The van der Waals surface area contributed by atoms with Crippen molar-refractivity contribution < 1.29 is 18.0 Å². The van der Waals surface area contributed by atoms with Gasteiger partial charge in [0.1, 0.15) is 5.71 Å². The van der Waals surface area contributed by atoms with E-state index < -0.39 is 17.7 Å². The zero-order chi connectivity index (χ0) is 14.8. The van der Waals surface area contributed by atoms with Crippen LogP contribution >= 0.6 is 23.2 Å². The largest absolute Gasteiger partial charge is 0.456 e. The topological polar surface area (TPSA) is 32.7 Å². The Labute approximate surface area is 117 Å². The van der Waals surface area contributed by atoms with Gasteiger partial charge >= 0.3 is 6.18 Å². The van der Waals surface area contributed by atoms with E-state index in [1.54, 1.807) is 0 Å². The molecule has 0 amide bonds. The van der Waals surface area contributed by atoms with Crippen molar-refractivity contribution in [2.75, 3.05) is 14.1 Å². The van der Waals surface area contributed by atoms with Gasteiger partial charge in [-0.3, -0.25) is 4.79 Å². The van der Waals surface area contributed by atoms with Gasteiger partial charge in [-0.15, -0.1) is 0 Å². The molecule has 0 radical (unpaired) electrons. The van der Waals surface area contributed by atoms with Crippen molar-refractivity contribution >= 4 is 34.7 Å². The van der Waals surface area contributed by atoms with Crippen molar-refractivity contribution in [3.05, 3.63) is 33.8 Å². The maximum Gasteiger partial charge on any atom is 0.456 e. The molecule has 0 N–H and O–H groups in total. The second kappa shape index (κ2) is 5.79. The second-order valence-corrected chi connectivity index (χ2v) is 4.59. The molecule has 0 aromatic heterocycles. The summed E-state index contributed by atoms with van der Waals surface area (Å²) in [6, 6.07) is 3.79. The van der Waals surface area contributed by atoms with Gasteiger partial charge in [0.2, 0.25) is 0 Å². The molecule has 0 saturated heterocycles. The Bertz CT molecular complexity index is 527. The number of carbonyl (C=O) groups excluding carboxylic acids is 1. The predicted octanol–water partition coefficient (Wildman–Crippen LogP) is 3.39. The van der Waals surface area contributed by atoms with Crippen molar-refractivity contribution in [1.29, 1.82) is 0 Å². The van der Waals surface area contributed by atoms with E-state index in [4.69, 9.17) is 23.2 Å². The van der Waals surface area contributed by atoms with Crippen molar-refractivity contribution in [1.82, 2.24) is 5.01 Å². The first kappa shape index (κ1) is 15.8. The van der Waals surface area contributed by atoms with Crippen molar-refractivity contribution in [2.24, 2.45) is 5.10 Å². The second-order valence-electron chi connectivity index (χ2n) is 3.75. The minimum absolute atomic E-state index is 0.0781. The number of rotatable bonds is 3. The van der Waals surface area contributed by atoms with E-state index in [0.717, 1.165) is 5.01 Å². The Morgan fingerprint density at radius 1 is 1.26 bits per heavy atom. The lowest BCUT2D eigenvalue weighted by molar-refractivity contribution is -0.163. The fourth-order valence-electron chi connectivity index (χ4n) is 1.24. The molecule has 3 nitrogen and oxygen atoms in total. The molecule has 1 rings (SSSR count). The first-order valence-corrected chi connectivity index (χ1v) is 5.71. The molecule has 0 atom stereocenters. The summed E-state index contributed by atoms with van der Waals surface area (Å²) >= 11 is 11.5. The minimum Gasteiger partial charge on any atom is -0.302 e. The van der Waals surface area contributed by atoms with Gasteiger partial charge in [-0.25, -0.2) is 0 Å². The summed E-state index contributed by atoms with van der Waals surface area (Å²) in [4.78, 5) is 11.4. The lowest BCUT2D eigenvalue weighted by atomic mass is 10.1. The van der Waals surface area contributed by atoms with E-state index >= 15 is 0 Å². The number of alkyl halides is 3. The smallest absolute Gasteiger partial charge is 0.302 e. The third kappa shape index (κ3) is 4.11.